The lowest BCUT2D eigenvalue weighted by molar-refractivity contribution is 0.171. The Morgan fingerprint density at radius 3 is 2.78 bits per heavy atom. The third-order valence-electron chi connectivity index (χ3n) is 4.46. The largest absolute Gasteiger partial charge is 0.493 e. The van der Waals surface area contributed by atoms with Gasteiger partial charge in [-0.25, -0.2) is 4.39 Å². The highest BCUT2D eigenvalue weighted by atomic mass is 19.1. The number of H-pyrrole nitrogens is 1. The molecule has 0 aliphatic carbocycles. The molecule has 3 aromatic rings. The average molecular weight is 369 g/mol. The Balaban J connectivity index is 1.50. The summed E-state index contributed by atoms with van der Waals surface area (Å²) < 4.78 is 29.5. The van der Waals surface area contributed by atoms with Gasteiger partial charge in [0.15, 0.2) is 11.5 Å². The van der Waals surface area contributed by atoms with Crippen LogP contribution in [0.4, 0.5) is 4.39 Å². The SMILES string of the molecule is COc1cc(CN(C)Cc2cn[nH]c2-c2ccc(F)cc2)cc2c1OCO2. The Labute approximate surface area is 156 Å². The molecule has 7 heteroatoms. The molecule has 0 fully saturated rings. The van der Waals surface area contributed by atoms with Gasteiger partial charge in [-0.1, -0.05) is 0 Å². The van der Waals surface area contributed by atoms with Gasteiger partial charge >= 0.3 is 0 Å². The molecule has 140 valence electrons. The Hall–Kier alpha value is -3.06. The molecule has 4 rings (SSSR count). The summed E-state index contributed by atoms with van der Waals surface area (Å²) >= 11 is 0. The van der Waals surface area contributed by atoms with Gasteiger partial charge in [0.05, 0.1) is 19.0 Å². The number of fused-ring (bicyclic) bond motifs is 1. The van der Waals surface area contributed by atoms with Crippen LogP contribution in [0.15, 0.2) is 42.6 Å². The summed E-state index contributed by atoms with van der Waals surface area (Å²) in [6.07, 6.45) is 1.80. The highest BCUT2D eigenvalue weighted by Gasteiger charge is 2.20. The molecule has 2 aromatic carbocycles. The highest BCUT2D eigenvalue weighted by Crippen LogP contribution is 2.42. The van der Waals surface area contributed by atoms with Crippen LogP contribution in [-0.2, 0) is 13.1 Å². The van der Waals surface area contributed by atoms with Crippen molar-refractivity contribution < 1.29 is 18.6 Å². The molecule has 1 aliphatic rings. The molecular weight excluding hydrogens is 349 g/mol. The minimum Gasteiger partial charge on any atom is -0.493 e. The predicted octanol–water partition coefficient (Wildman–Crippen LogP) is 3.59. The van der Waals surface area contributed by atoms with Gasteiger partial charge < -0.3 is 14.2 Å². The maximum Gasteiger partial charge on any atom is 0.231 e. The lowest BCUT2D eigenvalue weighted by atomic mass is 10.1. The second-order valence-electron chi connectivity index (χ2n) is 6.48. The molecule has 0 radical (unpaired) electrons. The Kier molecular flexibility index (Phi) is 4.68. The number of nitrogens with zero attached hydrogens (tertiary/aromatic N) is 2. The van der Waals surface area contributed by atoms with Crippen molar-refractivity contribution in [2.24, 2.45) is 0 Å². The number of aromatic amines is 1. The van der Waals surface area contributed by atoms with E-state index in [1.54, 1.807) is 25.4 Å². The van der Waals surface area contributed by atoms with Crippen LogP contribution in [0.1, 0.15) is 11.1 Å². The molecule has 2 heterocycles. The van der Waals surface area contributed by atoms with Crippen LogP contribution in [0.2, 0.25) is 0 Å². The van der Waals surface area contributed by atoms with E-state index in [9.17, 15) is 4.39 Å². The lowest BCUT2D eigenvalue weighted by Gasteiger charge is -2.18. The number of nitrogens with one attached hydrogen (secondary N) is 1. The van der Waals surface area contributed by atoms with Gasteiger partial charge in [-0.05, 0) is 49.0 Å². The molecule has 0 unspecified atom stereocenters. The summed E-state index contributed by atoms with van der Waals surface area (Å²) in [5.41, 5.74) is 3.90. The standard InChI is InChI=1S/C20H20FN3O3/c1-24(10-13-7-17(25-2)20-18(8-13)26-12-27-20)11-15-9-22-23-19(15)14-3-5-16(21)6-4-14/h3-9H,10-12H2,1-2H3,(H,22,23). The first-order valence-corrected chi connectivity index (χ1v) is 8.57. The van der Waals surface area contributed by atoms with Gasteiger partial charge in [0, 0.05) is 24.2 Å². The second-order valence-corrected chi connectivity index (χ2v) is 6.48. The van der Waals surface area contributed by atoms with E-state index >= 15 is 0 Å². The Morgan fingerprint density at radius 2 is 2.00 bits per heavy atom. The second kappa shape index (κ2) is 7.28. The van der Waals surface area contributed by atoms with Crippen molar-refractivity contribution in [2.45, 2.75) is 13.1 Å². The first-order valence-electron chi connectivity index (χ1n) is 8.57. The lowest BCUT2D eigenvalue weighted by Crippen LogP contribution is -2.17. The van der Waals surface area contributed by atoms with Gasteiger partial charge in [-0.15, -0.1) is 0 Å². The number of benzene rings is 2. The third kappa shape index (κ3) is 3.59. The number of methoxy groups -OCH3 is 1. The van der Waals surface area contributed by atoms with E-state index < -0.39 is 0 Å². The normalized spacial score (nSPS) is 12.6. The molecule has 0 saturated heterocycles. The molecule has 1 aliphatic heterocycles. The van der Waals surface area contributed by atoms with E-state index in [4.69, 9.17) is 14.2 Å². The maximum absolute atomic E-state index is 13.2. The van der Waals surface area contributed by atoms with Crippen LogP contribution in [0.5, 0.6) is 17.2 Å². The number of ether oxygens (including phenoxy) is 3. The molecule has 0 amide bonds. The summed E-state index contributed by atoms with van der Waals surface area (Å²) in [6, 6.07) is 10.3. The van der Waals surface area contributed by atoms with Crippen molar-refractivity contribution >= 4 is 0 Å². The summed E-state index contributed by atoms with van der Waals surface area (Å²) in [5, 5.41) is 7.16. The molecule has 0 atom stereocenters. The van der Waals surface area contributed by atoms with E-state index in [1.807, 2.05) is 19.2 Å². The third-order valence-corrected chi connectivity index (χ3v) is 4.46. The van der Waals surface area contributed by atoms with Gasteiger partial charge in [0.2, 0.25) is 12.5 Å². The molecule has 0 spiro atoms. The van der Waals surface area contributed by atoms with Crippen LogP contribution in [0.3, 0.4) is 0 Å². The zero-order valence-corrected chi connectivity index (χ0v) is 15.2. The first kappa shape index (κ1) is 17.4. The van der Waals surface area contributed by atoms with E-state index in [0.29, 0.717) is 30.3 Å². The fourth-order valence-corrected chi connectivity index (χ4v) is 3.23. The minimum atomic E-state index is -0.256. The number of hydrogen-bond donors (Lipinski definition) is 1. The fourth-order valence-electron chi connectivity index (χ4n) is 3.23. The van der Waals surface area contributed by atoms with E-state index in [-0.39, 0.29) is 12.6 Å². The van der Waals surface area contributed by atoms with Crippen LogP contribution >= 0.6 is 0 Å². The van der Waals surface area contributed by atoms with Crippen molar-refractivity contribution in [3.8, 4) is 28.5 Å². The van der Waals surface area contributed by atoms with Crippen molar-refractivity contribution in [2.75, 3.05) is 21.0 Å². The monoisotopic (exact) mass is 369 g/mol. The van der Waals surface area contributed by atoms with Crippen LogP contribution in [0, 0.1) is 5.82 Å². The highest BCUT2D eigenvalue weighted by molar-refractivity contribution is 5.62. The van der Waals surface area contributed by atoms with Gasteiger partial charge in [0.1, 0.15) is 5.82 Å². The fraction of sp³-hybridized carbons (Fsp3) is 0.250. The number of rotatable bonds is 6. The summed E-state index contributed by atoms with van der Waals surface area (Å²) in [6.45, 7) is 1.59. The van der Waals surface area contributed by atoms with Crippen molar-refractivity contribution in [3.05, 3.63) is 59.5 Å². The molecule has 1 N–H and O–H groups in total. The Bertz CT molecular complexity index is 940. The molecule has 1 aromatic heterocycles. The summed E-state index contributed by atoms with van der Waals surface area (Å²) in [7, 11) is 3.64. The minimum absolute atomic E-state index is 0.209. The molecule has 27 heavy (non-hydrogen) atoms. The van der Waals surface area contributed by atoms with Gasteiger partial charge in [0.25, 0.3) is 0 Å². The van der Waals surface area contributed by atoms with Crippen molar-refractivity contribution in [3.63, 3.8) is 0 Å². The predicted molar refractivity (Wildman–Crippen MR) is 98.3 cm³/mol. The molecule has 0 saturated carbocycles. The summed E-state index contributed by atoms with van der Waals surface area (Å²) in [5.74, 6) is 1.77. The zero-order valence-electron chi connectivity index (χ0n) is 15.2. The summed E-state index contributed by atoms with van der Waals surface area (Å²) in [4.78, 5) is 2.16. The first-order chi connectivity index (χ1) is 13.1. The number of hydrogen-bond acceptors (Lipinski definition) is 5. The van der Waals surface area contributed by atoms with Gasteiger partial charge in [-0.3, -0.25) is 10.00 Å². The van der Waals surface area contributed by atoms with Crippen LogP contribution in [0.25, 0.3) is 11.3 Å². The zero-order chi connectivity index (χ0) is 18.8. The quantitative estimate of drug-likeness (QED) is 0.720. The number of halogens is 1. The maximum atomic E-state index is 13.2. The molecule has 6 nitrogen and oxygen atoms in total. The van der Waals surface area contributed by atoms with Gasteiger partial charge in [-0.2, -0.15) is 5.10 Å². The number of aromatic nitrogens is 2. The van der Waals surface area contributed by atoms with Crippen LogP contribution in [-0.4, -0.2) is 36.0 Å². The van der Waals surface area contributed by atoms with Crippen molar-refractivity contribution in [1.29, 1.82) is 0 Å². The molecular formula is C20H20FN3O3. The van der Waals surface area contributed by atoms with E-state index in [2.05, 4.69) is 15.1 Å². The van der Waals surface area contributed by atoms with Crippen LogP contribution < -0.4 is 14.2 Å². The Morgan fingerprint density at radius 1 is 1.19 bits per heavy atom. The smallest absolute Gasteiger partial charge is 0.231 e. The van der Waals surface area contributed by atoms with E-state index in [1.165, 1.54) is 12.1 Å². The molecule has 0 bridgehead atoms. The average Bonchev–Trinajstić information content (AvgIpc) is 3.31. The topological polar surface area (TPSA) is 59.6 Å². The van der Waals surface area contributed by atoms with E-state index in [0.717, 1.165) is 22.4 Å². The van der Waals surface area contributed by atoms with Crippen molar-refractivity contribution in [1.82, 2.24) is 15.1 Å².